The average Bonchev–Trinajstić information content (AvgIpc) is 2.68. The van der Waals surface area contributed by atoms with E-state index in [0.717, 1.165) is 68.3 Å². The summed E-state index contributed by atoms with van der Waals surface area (Å²) in [5, 5.41) is 5.73. The molecular weight excluding hydrogens is 332 g/mol. The number of hydrogen-bond acceptors (Lipinski definition) is 7. The largest absolute Gasteiger partial charge is 0.462 e. The number of anilines is 2. The van der Waals surface area contributed by atoms with Gasteiger partial charge in [-0.25, -0.2) is 15.2 Å². The van der Waals surface area contributed by atoms with Crippen LogP contribution in [0.1, 0.15) is 55.2 Å². The number of esters is 1. The Hall–Kier alpha value is -1.86. The van der Waals surface area contributed by atoms with Gasteiger partial charge in [-0.2, -0.15) is 0 Å². The number of ether oxygens (including phenoxy) is 2. The van der Waals surface area contributed by atoms with Crippen LogP contribution in [0.5, 0.6) is 0 Å². The molecule has 7 heteroatoms. The van der Waals surface area contributed by atoms with Crippen LogP contribution in [0.15, 0.2) is 0 Å². The molecule has 0 aliphatic carbocycles. The van der Waals surface area contributed by atoms with E-state index in [1.54, 1.807) is 0 Å². The summed E-state index contributed by atoms with van der Waals surface area (Å²) in [6.45, 7) is 9.48. The molecule has 3 heterocycles. The van der Waals surface area contributed by atoms with Gasteiger partial charge in [0.15, 0.2) is 0 Å². The van der Waals surface area contributed by atoms with Crippen LogP contribution >= 0.6 is 0 Å². The van der Waals surface area contributed by atoms with E-state index in [-0.39, 0.29) is 5.97 Å². The molecule has 144 valence electrons. The first-order chi connectivity index (χ1) is 12.7. The Morgan fingerprint density at radius 1 is 1.35 bits per heavy atom. The van der Waals surface area contributed by atoms with Crippen molar-refractivity contribution in [1.29, 1.82) is 0 Å². The molecule has 0 unspecified atom stereocenters. The highest BCUT2D eigenvalue weighted by Gasteiger charge is 2.30. The average molecular weight is 362 g/mol. The van der Waals surface area contributed by atoms with Gasteiger partial charge in [-0.3, -0.25) is 5.01 Å². The Kier molecular flexibility index (Phi) is 6.32. The van der Waals surface area contributed by atoms with Gasteiger partial charge in [0.2, 0.25) is 0 Å². The number of pyridine rings is 1. The van der Waals surface area contributed by atoms with E-state index in [1.165, 1.54) is 0 Å². The summed E-state index contributed by atoms with van der Waals surface area (Å²) in [4.78, 5) is 17.6. The Bertz CT molecular complexity index is 644. The topological polar surface area (TPSA) is 75.7 Å². The van der Waals surface area contributed by atoms with Crippen molar-refractivity contribution < 1.29 is 14.3 Å². The maximum absolute atomic E-state index is 12.8. The molecule has 0 atom stereocenters. The summed E-state index contributed by atoms with van der Waals surface area (Å²) in [6, 6.07) is 0.304. The molecule has 0 aromatic carbocycles. The van der Waals surface area contributed by atoms with E-state index in [2.05, 4.69) is 22.7 Å². The molecule has 1 saturated heterocycles. The Morgan fingerprint density at radius 2 is 2.12 bits per heavy atom. The fraction of sp³-hybridized carbons (Fsp3) is 0.684. The lowest BCUT2D eigenvalue weighted by Gasteiger charge is -2.34. The third-order valence-corrected chi connectivity index (χ3v) is 4.98. The third kappa shape index (κ3) is 3.78. The first-order valence-electron chi connectivity index (χ1n) is 9.77. The smallest absolute Gasteiger partial charge is 0.342 e. The maximum Gasteiger partial charge on any atom is 0.342 e. The van der Waals surface area contributed by atoms with Gasteiger partial charge in [-0.05, 0) is 39.5 Å². The van der Waals surface area contributed by atoms with E-state index >= 15 is 0 Å². The zero-order valence-corrected chi connectivity index (χ0v) is 16.1. The lowest BCUT2D eigenvalue weighted by Crippen LogP contribution is -2.44. The van der Waals surface area contributed by atoms with Crippen LogP contribution in [-0.2, 0) is 22.3 Å². The van der Waals surface area contributed by atoms with Gasteiger partial charge in [-0.1, -0.05) is 6.92 Å². The summed E-state index contributed by atoms with van der Waals surface area (Å²) in [5.74, 6) is 0.647. The highest BCUT2D eigenvalue weighted by atomic mass is 16.5. The lowest BCUT2D eigenvalue weighted by atomic mass is 9.98. The molecule has 0 amide bonds. The molecule has 1 aromatic heterocycles. The molecule has 0 radical (unpaired) electrons. The number of rotatable bonds is 6. The normalized spacial score (nSPS) is 17.7. The van der Waals surface area contributed by atoms with E-state index in [9.17, 15) is 4.79 Å². The second-order valence-corrected chi connectivity index (χ2v) is 6.62. The van der Waals surface area contributed by atoms with E-state index < -0.39 is 0 Å². The van der Waals surface area contributed by atoms with Crippen molar-refractivity contribution in [3.63, 3.8) is 0 Å². The van der Waals surface area contributed by atoms with Crippen molar-refractivity contribution in [3.05, 3.63) is 16.8 Å². The van der Waals surface area contributed by atoms with Crippen LogP contribution in [0, 0.1) is 0 Å². The van der Waals surface area contributed by atoms with Gasteiger partial charge >= 0.3 is 5.97 Å². The van der Waals surface area contributed by atoms with Crippen molar-refractivity contribution in [2.75, 3.05) is 43.2 Å². The van der Waals surface area contributed by atoms with Crippen molar-refractivity contribution in [2.24, 2.45) is 0 Å². The van der Waals surface area contributed by atoms with E-state index in [4.69, 9.17) is 14.5 Å². The standard InChI is InChI=1S/C19H30N4O3/c1-4-15-16(19(24)26-6-3)17(21-13-8-11-25-12-9-13)14-7-10-20-23(5-2)18(14)22-15/h13,20H,4-12H2,1-3H3,(H,21,22). The zero-order valence-electron chi connectivity index (χ0n) is 16.1. The monoisotopic (exact) mass is 362 g/mol. The number of nitrogens with zero attached hydrogens (tertiary/aromatic N) is 2. The minimum Gasteiger partial charge on any atom is -0.462 e. The molecular formula is C19H30N4O3. The molecule has 3 rings (SSSR count). The SMILES string of the molecule is CCOC(=O)c1c(CC)nc2c(c1NC1CCOCC1)CCNN2CC. The lowest BCUT2D eigenvalue weighted by molar-refractivity contribution is 0.0525. The Labute approximate surface area is 155 Å². The molecule has 2 aliphatic rings. The van der Waals surface area contributed by atoms with Crippen LogP contribution in [0.3, 0.4) is 0 Å². The number of carbonyl (C=O) groups excluding carboxylic acids is 1. The predicted molar refractivity (Wildman–Crippen MR) is 102 cm³/mol. The van der Waals surface area contributed by atoms with Crippen LogP contribution in [-0.4, -0.2) is 49.9 Å². The maximum atomic E-state index is 12.8. The number of hydrogen-bond donors (Lipinski definition) is 2. The fourth-order valence-corrected chi connectivity index (χ4v) is 3.65. The molecule has 0 saturated carbocycles. The Balaban J connectivity index is 2.09. The molecule has 26 heavy (non-hydrogen) atoms. The highest BCUT2D eigenvalue weighted by Crippen LogP contribution is 2.35. The molecule has 1 aromatic rings. The summed E-state index contributed by atoms with van der Waals surface area (Å²) in [6.07, 6.45) is 3.40. The van der Waals surface area contributed by atoms with Gasteiger partial charge in [0.1, 0.15) is 11.4 Å². The van der Waals surface area contributed by atoms with Crippen molar-refractivity contribution in [3.8, 4) is 0 Å². The van der Waals surface area contributed by atoms with Gasteiger partial charge in [0, 0.05) is 37.9 Å². The number of carbonyl (C=O) groups is 1. The Morgan fingerprint density at radius 3 is 2.77 bits per heavy atom. The number of hydrazine groups is 1. The van der Waals surface area contributed by atoms with Gasteiger partial charge < -0.3 is 14.8 Å². The van der Waals surface area contributed by atoms with Crippen molar-refractivity contribution in [2.45, 2.75) is 52.5 Å². The molecule has 2 N–H and O–H groups in total. The second-order valence-electron chi connectivity index (χ2n) is 6.62. The van der Waals surface area contributed by atoms with Crippen LogP contribution in [0.4, 0.5) is 11.5 Å². The first-order valence-corrected chi connectivity index (χ1v) is 9.77. The number of nitrogens with one attached hydrogen (secondary N) is 2. The zero-order chi connectivity index (χ0) is 18.5. The van der Waals surface area contributed by atoms with Crippen molar-refractivity contribution in [1.82, 2.24) is 10.4 Å². The first kappa shape index (κ1) is 18.9. The fourth-order valence-electron chi connectivity index (χ4n) is 3.65. The van der Waals surface area contributed by atoms with Gasteiger partial charge in [-0.15, -0.1) is 0 Å². The summed E-state index contributed by atoms with van der Waals surface area (Å²) < 4.78 is 10.9. The van der Waals surface area contributed by atoms with Gasteiger partial charge in [0.05, 0.1) is 18.0 Å². The number of aryl methyl sites for hydroxylation is 1. The molecule has 0 spiro atoms. The number of aromatic nitrogens is 1. The molecule has 0 bridgehead atoms. The van der Waals surface area contributed by atoms with Crippen LogP contribution < -0.4 is 15.8 Å². The van der Waals surface area contributed by atoms with E-state index in [0.29, 0.717) is 24.6 Å². The third-order valence-electron chi connectivity index (χ3n) is 4.98. The molecule has 1 fully saturated rings. The predicted octanol–water partition coefficient (Wildman–Crippen LogP) is 2.30. The van der Waals surface area contributed by atoms with Crippen molar-refractivity contribution >= 4 is 17.5 Å². The minimum atomic E-state index is -0.282. The summed E-state index contributed by atoms with van der Waals surface area (Å²) >= 11 is 0. The molecule has 2 aliphatic heterocycles. The van der Waals surface area contributed by atoms with Crippen LogP contribution in [0.2, 0.25) is 0 Å². The minimum absolute atomic E-state index is 0.282. The van der Waals surface area contributed by atoms with Crippen LogP contribution in [0.25, 0.3) is 0 Å². The molecule has 7 nitrogen and oxygen atoms in total. The summed E-state index contributed by atoms with van der Waals surface area (Å²) in [7, 11) is 0. The van der Waals surface area contributed by atoms with E-state index in [1.807, 2.05) is 13.8 Å². The highest BCUT2D eigenvalue weighted by molar-refractivity contribution is 5.99. The van der Waals surface area contributed by atoms with Gasteiger partial charge in [0.25, 0.3) is 0 Å². The quantitative estimate of drug-likeness (QED) is 0.752. The summed E-state index contributed by atoms with van der Waals surface area (Å²) in [5.41, 5.74) is 6.81. The number of fused-ring (bicyclic) bond motifs is 1. The second kappa shape index (κ2) is 8.68.